The van der Waals surface area contributed by atoms with Crippen LogP contribution in [0.3, 0.4) is 0 Å². The molecule has 1 atom stereocenters. The average Bonchev–Trinajstić information content (AvgIpc) is 2.28. The summed E-state index contributed by atoms with van der Waals surface area (Å²) in [5.41, 5.74) is 6.80. The van der Waals surface area contributed by atoms with Crippen molar-refractivity contribution in [2.75, 3.05) is 20.8 Å². The SMILES string of the molecule is COc1cc(C[C@@H](C)CN)cc(OC)c1. The van der Waals surface area contributed by atoms with Gasteiger partial charge in [0.1, 0.15) is 11.5 Å². The highest BCUT2D eigenvalue weighted by Crippen LogP contribution is 2.23. The first-order chi connectivity index (χ1) is 7.19. The van der Waals surface area contributed by atoms with E-state index in [1.165, 1.54) is 5.56 Å². The molecule has 0 aliphatic heterocycles. The zero-order valence-electron chi connectivity index (χ0n) is 9.62. The third-order valence-corrected chi connectivity index (χ3v) is 2.40. The van der Waals surface area contributed by atoms with Crippen LogP contribution in [0, 0.1) is 5.92 Å². The first kappa shape index (κ1) is 11.9. The molecule has 1 aromatic rings. The van der Waals surface area contributed by atoms with Gasteiger partial charge < -0.3 is 15.2 Å². The first-order valence-corrected chi connectivity index (χ1v) is 5.11. The smallest absolute Gasteiger partial charge is 0.122 e. The van der Waals surface area contributed by atoms with Gasteiger partial charge in [-0.15, -0.1) is 0 Å². The summed E-state index contributed by atoms with van der Waals surface area (Å²) in [6.07, 6.45) is 0.948. The van der Waals surface area contributed by atoms with Crippen LogP contribution < -0.4 is 15.2 Å². The van der Waals surface area contributed by atoms with E-state index in [2.05, 4.69) is 6.92 Å². The summed E-state index contributed by atoms with van der Waals surface area (Å²) < 4.78 is 10.4. The maximum absolute atomic E-state index is 5.60. The highest BCUT2D eigenvalue weighted by atomic mass is 16.5. The van der Waals surface area contributed by atoms with Crippen LogP contribution >= 0.6 is 0 Å². The highest BCUT2D eigenvalue weighted by molar-refractivity contribution is 5.38. The van der Waals surface area contributed by atoms with Crippen LogP contribution in [-0.2, 0) is 6.42 Å². The van der Waals surface area contributed by atoms with E-state index in [1.54, 1.807) is 14.2 Å². The average molecular weight is 209 g/mol. The maximum Gasteiger partial charge on any atom is 0.122 e. The standard InChI is InChI=1S/C12H19NO2/c1-9(8-13)4-10-5-11(14-2)7-12(6-10)15-3/h5-7,9H,4,8,13H2,1-3H3/t9-/m1/s1. The monoisotopic (exact) mass is 209 g/mol. The Bertz CT molecular complexity index is 290. The van der Waals surface area contributed by atoms with Gasteiger partial charge in [0.05, 0.1) is 14.2 Å². The Morgan fingerprint density at radius 2 is 1.67 bits per heavy atom. The fraction of sp³-hybridized carbons (Fsp3) is 0.500. The van der Waals surface area contributed by atoms with Crippen LogP contribution in [0.5, 0.6) is 11.5 Å². The lowest BCUT2D eigenvalue weighted by atomic mass is 10.0. The quantitative estimate of drug-likeness (QED) is 0.804. The number of hydrogen-bond acceptors (Lipinski definition) is 3. The van der Waals surface area contributed by atoms with E-state index in [0.717, 1.165) is 17.9 Å². The summed E-state index contributed by atoms with van der Waals surface area (Å²) >= 11 is 0. The Morgan fingerprint density at radius 3 is 2.07 bits per heavy atom. The molecule has 0 aliphatic rings. The van der Waals surface area contributed by atoms with Crippen molar-refractivity contribution in [1.82, 2.24) is 0 Å². The molecule has 0 spiro atoms. The molecular formula is C12H19NO2. The van der Waals surface area contributed by atoms with Gasteiger partial charge in [-0.25, -0.2) is 0 Å². The molecule has 1 aromatic carbocycles. The van der Waals surface area contributed by atoms with Gasteiger partial charge in [0.2, 0.25) is 0 Å². The predicted octanol–water partition coefficient (Wildman–Crippen LogP) is 1.84. The molecule has 0 radical (unpaired) electrons. The van der Waals surface area contributed by atoms with Crippen molar-refractivity contribution in [3.8, 4) is 11.5 Å². The fourth-order valence-corrected chi connectivity index (χ4v) is 1.47. The molecule has 0 amide bonds. The molecule has 0 aromatic heterocycles. The van der Waals surface area contributed by atoms with E-state index in [0.29, 0.717) is 12.5 Å². The van der Waals surface area contributed by atoms with Crippen molar-refractivity contribution in [3.05, 3.63) is 23.8 Å². The summed E-state index contributed by atoms with van der Waals surface area (Å²) in [4.78, 5) is 0. The number of ether oxygens (including phenoxy) is 2. The van der Waals surface area contributed by atoms with E-state index in [9.17, 15) is 0 Å². The molecule has 2 N–H and O–H groups in total. The third kappa shape index (κ3) is 3.44. The lowest BCUT2D eigenvalue weighted by molar-refractivity contribution is 0.392. The molecule has 1 rings (SSSR count). The van der Waals surface area contributed by atoms with Crippen LogP contribution in [0.15, 0.2) is 18.2 Å². The highest BCUT2D eigenvalue weighted by Gasteiger charge is 2.05. The van der Waals surface area contributed by atoms with Gasteiger partial charge in [-0.3, -0.25) is 0 Å². The summed E-state index contributed by atoms with van der Waals surface area (Å²) in [6, 6.07) is 5.92. The molecule has 84 valence electrons. The van der Waals surface area contributed by atoms with Crippen LogP contribution in [0.1, 0.15) is 12.5 Å². The molecule has 3 heteroatoms. The lowest BCUT2D eigenvalue weighted by Gasteiger charge is -2.11. The zero-order chi connectivity index (χ0) is 11.3. The number of nitrogens with two attached hydrogens (primary N) is 1. The van der Waals surface area contributed by atoms with E-state index in [4.69, 9.17) is 15.2 Å². The van der Waals surface area contributed by atoms with Crippen LogP contribution in [0.25, 0.3) is 0 Å². The lowest BCUT2D eigenvalue weighted by Crippen LogP contribution is -2.13. The first-order valence-electron chi connectivity index (χ1n) is 5.11. The Kier molecular flexibility index (Phi) is 4.43. The Hall–Kier alpha value is -1.22. The molecule has 3 nitrogen and oxygen atoms in total. The van der Waals surface area contributed by atoms with Gasteiger partial charge in [0, 0.05) is 6.07 Å². The second-order valence-electron chi connectivity index (χ2n) is 3.77. The molecule has 0 fully saturated rings. The van der Waals surface area contributed by atoms with Crippen molar-refractivity contribution in [2.24, 2.45) is 11.7 Å². The van der Waals surface area contributed by atoms with E-state index in [1.807, 2.05) is 18.2 Å². The van der Waals surface area contributed by atoms with Crippen molar-refractivity contribution < 1.29 is 9.47 Å². The summed E-state index contributed by atoms with van der Waals surface area (Å²) in [5, 5.41) is 0. The molecular weight excluding hydrogens is 190 g/mol. The zero-order valence-corrected chi connectivity index (χ0v) is 9.62. The molecule has 15 heavy (non-hydrogen) atoms. The molecule has 0 heterocycles. The minimum Gasteiger partial charge on any atom is -0.497 e. The fourth-order valence-electron chi connectivity index (χ4n) is 1.47. The second kappa shape index (κ2) is 5.61. The second-order valence-corrected chi connectivity index (χ2v) is 3.77. The normalized spacial score (nSPS) is 12.3. The van der Waals surface area contributed by atoms with E-state index >= 15 is 0 Å². The number of rotatable bonds is 5. The van der Waals surface area contributed by atoms with Gasteiger partial charge in [-0.2, -0.15) is 0 Å². The molecule has 0 aliphatic carbocycles. The van der Waals surface area contributed by atoms with Crippen molar-refractivity contribution in [2.45, 2.75) is 13.3 Å². The summed E-state index contributed by atoms with van der Waals surface area (Å²) in [5.74, 6) is 2.13. The number of methoxy groups -OCH3 is 2. The van der Waals surface area contributed by atoms with Gasteiger partial charge >= 0.3 is 0 Å². The minimum absolute atomic E-state index is 0.474. The van der Waals surface area contributed by atoms with Crippen molar-refractivity contribution in [3.63, 3.8) is 0 Å². The van der Waals surface area contributed by atoms with Crippen LogP contribution in [0.4, 0.5) is 0 Å². The van der Waals surface area contributed by atoms with Crippen LogP contribution in [0.2, 0.25) is 0 Å². The topological polar surface area (TPSA) is 44.5 Å². The number of hydrogen-bond donors (Lipinski definition) is 1. The maximum atomic E-state index is 5.60. The third-order valence-electron chi connectivity index (χ3n) is 2.40. The van der Waals surface area contributed by atoms with Crippen molar-refractivity contribution in [1.29, 1.82) is 0 Å². The molecule has 0 bridgehead atoms. The molecule has 0 saturated carbocycles. The predicted molar refractivity (Wildman–Crippen MR) is 61.5 cm³/mol. The van der Waals surface area contributed by atoms with E-state index < -0.39 is 0 Å². The Labute approximate surface area is 91.2 Å². The van der Waals surface area contributed by atoms with Gasteiger partial charge in [0.15, 0.2) is 0 Å². The molecule has 0 saturated heterocycles. The summed E-state index contributed by atoms with van der Waals surface area (Å²) in [7, 11) is 3.32. The van der Waals surface area contributed by atoms with Gasteiger partial charge in [-0.05, 0) is 36.6 Å². The Morgan fingerprint density at radius 1 is 1.13 bits per heavy atom. The summed E-state index contributed by atoms with van der Waals surface area (Å²) in [6.45, 7) is 2.82. The van der Waals surface area contributed by atoms with Crippen LogP contribution in [-0.4, -0.2) is 20.8 Å². The van der Waals surface area contributed by atoms with Crippen molar-refractivity contribution >= 4 is 0 Å². The van der Waals surface area contributed by atoms with Gasteiger partial charge in [0.25, 0.3) is 0 Å². The largest absolute Gasteiger partial charge is 0.497 e. The molecule has 0 unspecified atom stereocenters. The Balaban J connectivity index is 2.86. The number of benzene rings is 1. The van der Waals surface area contributed by atoms with E-state index in [-0.39, 0.29) is 0 Å². The van der Waals surface area contributed by atoms with Gasteiger partial charge in [-0.1, -0.05) is 6.92 Å². The minimum atomic E-state index is 0.474.